The number of likely N-dealkylation sites (N-methyl/N-ethyl adjacent to an activating group) is 1. The van der Waals surface area contributed by atoms with Gasteiger partial charge < -0.3 is 15.0 Å². The predicted molar refractivity (Wildman–Crippen MR) is 114 cm³/mol. The highest BCUT2D eigenvalue weighted by molar-refractivity contribution is 9.10. The highest BCUT2D eigenvalue weighted by atomic mass is 79.9. The first kappa shape index (κ1) is 22.0. The van der Waals surface area contributed by atoms with Gasteiger partial charge in [-0.15, -0.1) is 0 Å². The fraction of sp³-hybridized carbons (Fsp3) is 0.364. The lowest BCUT2D eigenvalue weighted by molar-refractivity contribution is -0.142. The third-order valence-electron chi connectivity index (χ3n) is 4.58. The molecule has 150 valence electrons. The van der Waals surface area contributed by atoms with Gasteiger partial charge >= 0.3 is 0 Å². The largest absolute Gasteiger partial charge is 0.483 e. The normalized spacial score (nSPS) is 11.8. The topological polar surface area (TPSA) is 58.6 Å². The van der Waals surface area contributed by atoms with Crippen molar-refractivity contribution in [2.45, 2.75) is 39.3 Å². The van der Waals surface area contributed by atoms with Gasteiger partial charge in [-0.1, -0.05) is 50.2 Å². The number of amides is 2. The van der Waals surface area contributed by atoms with Gasteiger partial charge in [-0.2, -0.15) is 0 Å². The van der Waals surface area contributed by atoms with E-state index >= 15 is 0 Å². The molecule has 28 heavy (non-hydrogen) atoms. The first-order valence-corrected chi connectivity index (χ1v) is 10.1. The van der Waals surface area contributed by atoms with Crippen molar-refractivity contribution >= 4 is 27.7 Å². The van der Waals surface area contributed by atoms with Crippen LogP contribution in [0.5, 0.6) is 5.75 Å². The molecule has 2 aromatic rings. The number of benzene rings is 2. The molecule has 0 aromatic heterocycles. The van der Waals surface area contributed by atoms with Crippen molar-refractivity contribution in [2.75, 3.05) is 13.7 Å². The van der Waals surface area contributed by atoms with Crippen molar-refractivity contribution in [3.05, 3.63) is 64.1 Å². The van der Waals surface area contributed by atoms with Gasteiger partial charge in [0.15, 0.2) is 6.61 Å². The molecule has 0 aliphatic heterocycles. The van der Waals surface area contributed by atoms with Crippen molar-refractivity contribution in [1.82, 2.24) is 10.2 Å². The van der Waals surface area contributed by atoms with Gasteiger partial charge in [0.25, 0.3) is 5.91 Å². The number of nitrogens with one attached hydrogen (secondary N) is 1. The van der Waals surface area contributed by atoms with E-state index in [4.69, 9.17) is 4.74 Å². The molecule has 0 radical (unpaired) electrons. The van der Waals surface area contributed by atoms with Gasteiger partial charge in [0, 0.05) is 13.6 Å². The van der Waals surface area contributed by atoms with Gasteiger partial charge in [0.2, 0.25) is 5.91 Å². The molecule has 0 aliphatic carbocycles. The summed E-state index contributed by atoms with van der Waals surface area (Å²) < 4.78 is 6.55. The van der Waals surface area contributed by atoms with Crippen molar-refractivity contribution in [2.24, 2.45) is 0 Å². The highest BCUT2D eigenvalue weighted by Crippen LogP contribution is 2.29. The van der Waals surface area contributed by atoms with Crippen LogP contribution in [0.15, 0.2) is 53.0 Å². The molecule has 6 heteroatoms. The number of nitrogens with zero attached hydrogens (tertiary/aromatic N) is 1. The van der Waals surface area contributed by atoms with E-state index in [1.54, 1.807) is 14.0 Å². The SMILES string of the molecule is CNC(=O)C(C)N(Cc1ccccc1)C(=O)COc1ccc(C(C)C)cc1Br. The fourth-order valence-corrected chi connectivity index (χ4v) is 3.30. The zero-order chi connectivity index (χ0) is 20.7. The zero-order valence-corrected chi connectivity index (χ0v) is 18.3. The highest BCUT2D eigenvalue weighted by Gasteiger charge is 2.26. The number of hydrogen-bond acceptors (Lipinski definition) is 3. The molecule has 0 fully saturated rings. The molecule has 1 N–H and O–H groups in total. The van der Waals surface area contributed by atoms with Crippen LogP contribution in [-0.4, -0.2) is 36.4 Å². The third-order valence-corrected chi connectivity index (χ3v) is 5.20. The first-order chi connectivity index (χ1) is 13.3. The summed E-state index contributed by atoms with van der Waals surface area (Å²) in [6, 6.07) is 14.8. The van der Waals surface area contributed by atoms with Crippen LogP contribution in [0.2, 0.25) is 0 Å². The minimum atomic E-state index is -0.604. The summed E-state index contributed by atoms with van der Waals surface area (Å²) in [5.41, 5.74) is 2.14. The molecule has 2 rings (SSSR count). The average Bonchev–Trinajstić information content (AvgIpc) is 2.70. The molecule has 0 bridgehead atoms. The Morgan fingerprint density at radius 3 is 2.36 bits per heavy atom. The molecule has 5 nitrogen and oxygen atoms in total. The van der Waals surface area contributed by atoms with E-state index in [2.05, 4.69) is 35.1 Å². The summed E-state index contributed by atoms with van der Waals surface area (Å²) >= 11 is 3.51. The Balaban J connectivity index is 2.12. The molecule has 0 spiro atoms. The maximum absolute atomic E-state index is 12.9. The lowest BCUT2D eigenvalue weighted by atomic mass is 10.0. The molecular weight excluding hydrogens is 420 g/mol. The number of ether oxygens (including phenoxy) is 1. The molecule has 0 saturated heterocycles. The Kier molecular flexibility index (Phi) is 8.05. The van der Waals surface area contributed by atoms with Gasteiger partial charge in [0.05, 0.1) is 4.47 Å². The zero-order valence-electron chi connectivity index (χ0n) is 16.7. The summed E-state index contributed by atoms with van der Waals surface area (Å²) in [6.07, 6.45) is 0. The second-order valence-corrected chi connectivity index (χ2v) is 7.79. The van der Waals surface area contributed by atoms with Crippen LogP contribution in [0.3, 0.4) is 0 Å². The van der Waals surface area contributed by atoms with E-state index in [1.807, 2.05) is 48.5 Å². The average molecular weight is 447 g/mol. The predicted octanol–water partition coefficient (Wildman–Crippen LogP) is 4.11. The smallest absolute Gasteiger partial charge is 0.261 e. The lowest BCUT2D eigenvalue weighted by Gasteiger charge is -2.28. The minimum Gasteiger partial charge on any atom is -0.483 e. The maximum atomic E-state index is 12.9. The van der Waals surface area contributed by atoms with E-state index < -0.39 is 6.04 Å². The molecular formula is C22H27BrN2O3. The number of carbonyl (C=O) groups excluding carboxylic acids is 2. The first-order valence-electron chi connectivity index (χ1n) is 9.30. The van der Waals surface area contributed by atoms with Crippen molar-refractivity contribution < 1.29 is 14.3 Å². The van der Waals surface area contributed by atoms with Gasteiger partial charge in [-0.3, -0.25) is 9.59 Å². The molecule has 0 aliphatic rings. The van der Waals surface area contributed by atoms with Gasteiger partial charge in [-0.05, 0) is 52.0 Å². The van der Waals surface area contributed by atoms with E-state index in [0.29, 0.717) is 18.2 Å². The van der Waals surface area contributed by atoms with Crippen LogP contribution in [-0.2, 0) is 16.1 Å². The molecule has 0 saturated carbocycles. The Morgan fingerprint density at radius 2 is 1.79 bits per heavy atom. The summed E-state index contributed by atoms with van der Waals surface area (Å²) in [5.74, 6) is 0.540. The van der Waals surface area contributed by atoms with Crippen molar-refractivity contribution in [3.63, 3.8) is 0 Å². The Hall–Kier alpha value is -2.34. The molecule has 1 atom stereocenters. The second kappa shape index (κ2) is 10.3. The molecule has 0 heterocycles. The second-order valence-electron chi connectivity index (χ2n) is 6.93. The monoisotopic (exact) mass is 446 g/mol. The van der Waals surface area contributed by atoms with Crippen molar-refractivity contribution in [1.29, 1.82) is 0 Å². The van der Waals surface area contributed by atoms with Crippen LogP contribution in [0.4, 0.5) is 0 Å². The summed E-state index contributed by atoms with van der Waals surface area (Å²) in [4.78, 5) is 26.5. The Bertz CT molecular complexity index is 809. The molecule has 1 unspecified atom stereocenters. The standard InChI is InChI=1S/C22H27BrN2O3/c1-15(2)18-10-11-20(19(23)12-18)28-14-21(26)25(16(3)22(27)24-4)13-17-8-6-5-7-9-17/h5-12,15-16H,13-14H2,1-4H3,(H,24,27). The summed E-state index contributed by atoms with van der Waals surface area (Å²) in [7, 11) is 1.56. The van der Waals surface area contributed by atoms with Crippen molar-refractivity contribution in [3.8, 4) is 5.75 Å². The summed E-state index contributed by atoms with van der Waals surface area (Å²) in [6.45, 7) is 6.15. The van der Waals surface area contributed by atoms with Crippen LogP contribution in [0.25, 0.3) is 0 Å². The van der Waals surface area contributed by atoms with Crippen LogP contribution < -0.4 is 10.1 Å². The summed E-state index contributed by atoms with van der Waals surface area (Å²) in [5, 5.41) is 2.60. The minimum absolute atomic E-state index is 0.145. The van der Waals surface area contributed by atoms with Crippen LogP contribution in [0.1, 0.15) is 37.8 Å². The quantitative estimate of drug-likeness (QED) is 0.663. The number of hydrogen-bond donors (Lipinski definition) is 1. The number of halogens is 1. The lowest BCUT2D eigenvalue weighted by Crippen LogP contribution is -2.48. The van der Waals surface area contributed by atoms with Crippen LogP contribution >= 0.6 is 15.9 Å². The molecule has 2 aromatic carbocycles. The van der Waals surface area contributed by atoms with Gasteiger partial charge in [-0.25, -0.2) is 0 Å². The fourth-order valence-electron chi connectivity index (χ4n) is 2.79. The number of rotatable bonds is 8. The van der Waals surface area contributed by atoms with Crippen LogP contribution in [0, 0.1) is 0 Å². The van der Waals surface area contributed by atoms with E-state index in [9.17, 15) is 9.59 Å². The van der Waals surface area contributed by atoms with Gasteiger partial charge in [0.1, 0.15) is 11.8 Å². The molecule has 2 amide bonds. The third kappa shape index (κ3) is 5.83. The Morgan fingerprint density at radius 1 is 1.11 bits per heavy atom. The maximum Gasteiger partial charge on any atom is 0.261 e. The Labute approximate surface area is 175 Å². The number of carbonyl (C=O) groups is 2. The van der Waals surface area contributed by atoms with E-state index in [-0.39, 0.29) is 18.4 Å². The van der Waals surface area contributed by atoms with E-state index in [0.717, 1.165) is 10.0 Å². The van der Waals surface area contributed by atoms with E-state index in [1.165, 1.54) is 10.5 Å².